The largest absolute Gasteiger partial charge is 0.391 e. The van der Waals surface area contributed by atoms with E-state index < -0.39 is 6.10 Å². The van der Waals surface area contributed by atoms with Gasteiger partial charge in [0.15, 0.2) is 0 Å². The molecule has 2 aromatic carbocycles. The Morgan fingerprint density at radius 1 is 0.962 bits per heavy atom. The number of halogens is 1. The van der Waals surface area contributed by atoms with Gasteiger partial charge in [-0.15, -0.1) is 12.4 Å². The average Bonchev–Trinajstić information content (AvgIpc) is 3.06. The summed E-state index contributed by atoms with van der Waals surface area (Å²) in [4.78, 5) is 24.3. The molecule has 2 aromatic rings. The number of carbonyl (C=O) groups is 2. The normalized spacial score (nSPS) is 18.7. The van der Waals surface area contributed by atoms with Crippen LogP contribution in [-0.4, -0.2) is 42.7 Å². The number of rotatable bonds is 5. The Bertz CT molecular complexity index is 737. The maximum atomic E-state index is 12.2. The molecule has 1 aliphatic rings. The minimum atomic E-state index is -0.420. The summed E-state index contributed by atoms with van der Waals surface area (Å²) in [6.07, 6.45) is -0.420. The van der Waals surface area contributed by atoms with Gasteiger partial charge in [0, 0.05) is 42.4 Å². The first-order valence-electron chi connectivity index (χ1n) is 8.27. The van der Waals surface area contributed by atoms with Gasteiger partial charge in [-0.1, -0.05) is 18.2 Å². The molecular weight excluding hydrogens is 354 g/mol. The number of hydrogen-bond donors (Lipinski definition) is 4. The van der Waals surface area contributed by atoms with Crippen molar-refractivity contribution in [1.29, 1.82) is 0 Å². The Balaban J connectivity index is 0.00000243. The number of β-amino-alcohol motifs (C(OH)–C–C–N with tert-alkyl or cyclic N) is 1. The topological polar surface area (TPSA) is 90.5 Å². The molecule has 1 aliphatic heterocycles. The number of carbonyl (C=O) groups excluding carboxylic acids is 2. The third kappa shape index (κ3) is 5.05. The fraction of sp³-hybridized carbons (Fsp3) is 0.263. The van der Waals surface area contributed by atoms with Gasteiger partial charge in [-0.3, -0.25) is 9.59 Å². The van der Waals surface area contributed by atoms with Gasteiger partial charge in [0.05, 0.1) is 6.10 Å². The summed E-state index contributed by atoms with van der Waals surface area (Å²) in [5.41, 5.74) is 1.71. The van der Waals surface area contributed by atoms with Crippen LogP contribution in [0.1, 0.15) is 20.7 Å². The summed E-state index contributed by atoms with van der Waals surface area (Å²) in [5.74, 6) is -0.353. The zero-order chi connectivity index (χ0) is 17.6. The molecule has 0 aliphatic carbocycles. The van der Waals surface area contributed by atoms with Gasteiger partial charge in [0.1, 0.15) is 0 Å². The van der Waals surface area contributed by atoms with Crippen LogP contribution in [0.5, 0.6) is 0 Å². The van der Waals surface area contributed by atoms with Gasteiger partial charge in [0.25, 0.3) is 11.8 Å². The van der Waals surface area contributed by atoms with Crippen molar-refractivity contribution in [3.05, 3.63) is 65.7 Å². The highest BCUT2D eigenvalue weighted by molar-refractivity contribution is 6.04. The van der Waals surface area contributed by atoms with E-state index in [0.29, 0.717) is 36.4 Å². The van der Waals surface area contributed by atoms with Gasteiger partial charge in [-0.25, -0.2) is 0 Å². The second-order valence-electron chi connectivity index (χ2n) is 6.09. The lowest BCUT2D eigenvalue weighted by molar-refractivity contribution is 0.0926. The van der Waals surface area contributed by atoms with Crippen LogP contribution < -0.4 is 16.0 Å². The number of amides is 2. The maximum absolute atomic E-state index is 12.2. The maximum Gasteiger partial charge on any atom is 0.255 e. The Morgan fingerprint density at radius 2 is 1.62 bits per heavy atom. The van der Waals surface area contributed by atoms with Crippen molar-refractivity contribution in [2.75, 3.05) is 25.0 Å². The van der Waals surface area contributed by atoms with E-state index >= 15 is 0 Å². The van der Waals surface area contributed by atoms with Crippen LogP contribution in [0.25, 0.3) is 0 Å². The van der Waals surface area contributed by atoms with E-state index in [2.05, 4.69) is 16.0 Å². The zero-order valence-electron chi connectivity index (χ0n) is 14.1. The number of aliphatic hydroxyl groups is 1. The average molecular weight is 376 g/mol. The van der Waals surface area contributed by atoms with E-state index in [9.17, 15) is 14.7 Å². The minimum absolute atomic E-state index is 0. The second kappa shape index (κ2) is 9.33. The van der Waals surface area contributed by atoms with Gasteiger partial charge < -0.3 is 21.1 Å². The molecule has 1 heterocycles. The first kappa shape index (κ1) is 19.9. The molecule has 138 valence electrons. The molecule has 1 saturated heterocycles. The van der Waals surface area contributed by atoms with Gasteiger partial charge in [-0.2, -0.15) is 0 Å². The number of nitrogens with one attached hydrogen (secondary N) is 3. The third-order valence-electron chi connectivity index (χ3n) is 4.27. The van der Waals surface area contributed by atoms with Crippen molar-refractivity contribution in [3.63, 3.8) is 0 Å². The highest BCUT2D eigenvalue weighted by Gasteiger charge is 2.25. The predicted molar refractivity (Wildman–Crippen MR) is 103 cm³/mol. The molecule has 26 heavy (non-hydrogen) atoms. The molecule has 4 N–H and O–H groups in total. The highest BCUT2D eigenvalue weighted by Crippen LogP contribution is 2.12. The first-order valence-corrected chi connectivity index (χ1v) is 8.27. The lowest BCUT2D eigenvalue weighted by atomic mass is 10.1. The van der Waals surface area contributed by atoms with Crippen molar-refractivity contribution in [2.45, 2.75) is 6.10 Å². The smallest absolute Gasteiger partial charge is 0.255 e. The van der Waals surface area contributed by atoms with Crippen molar-refractivity contribution in [2.24, 2.45) is 5.92 Å². The molecule has 7 heteroatoms. The van der Waals surface area contributed by atoms with Crippen molar-refractivity contribution >= 4 is 29.9 Å². The number of hydrogen-bond acceptors (Lipinski definition) is 4. The molecular formula is C19H22ClN3O3. The van der Waals surface area contributed by atoms with Crippen molar-refractivity contribution in [1.82, 2.24) is 10.6 Å². The third-order valence-corrected chi connectivity index (χ3v) is 4.27. The quantitative estimate of drug-likeness (QED) is 0.640. The van der Waals surface area contributed by atoms with E-state index in [1.54, 1.807) is 48.5 Å². The summed E-state index contributed by atoms with van der Waals surface area (Å²) in [5, 5.41) is 18.4. The van der Waals surface area contributed by atoms with Crippen LogP contribution in [0, 0.1) is 5.92 Å². The zero-order valence-corrected chi connectivity index (χ0v) is 15.0. The fourth-order valence-corrected chi connectivity index (χ4v) is 2.75. The van der Waals surface area contributed by atoms with Crippen molar-refractivity contribution < 1.29 is 14.7 Å². The molecule has 2 amide bonds. The van der Waals surface area contributed by atoms with Crippen LogP contribution in [-0.2, 0) is 0 Å². The molecule has 1 fully saturated rings. The number of aliphatic hydroxyl groups excluding tert-OH is 1. The summed E-state index contributed by atoms with van der Waals surface area (Å²) in [7, 11) is 0. The van der Waals surface area contributed by atoms with Gasteiger partial charge in [-0.05, 0) is 36.4 Å². The molecule has 2 atom stereocenters. The molecule has 0 spiro atoms. The van der Waals surface area contributed by atoms with Crippen LogP contribution in [0.15, 0.2) is 54.6 Å². The fourth-order valence-electron chi connectivity index (χ4n) is 2.75. The van der Waals surface area contributed by atoms with Crippen molar-refractivity contribution in [3.8, 4) is 0 Å². The minimum Gasteiger partial charge on any atom is -0.391 e. The number of anilines is 1. The first-order chi connectivity index (χ1) is 12.1. The molecule has 0 saturated carbocycles. The standard InChI is InChI=1S/C19H21N3O3.ClH/c23-17-12-20-10-15(17)11-21-18(24)14-6-8-16(9-7-14)22-19(25)13-4-2-1-3-5-13;/h1-9,15,17,20,23H,10-12H2,(H,21,24)(H,22,25);1H. The SMILES string of the molecule is Cl.O=C(NCC1CNCC1O)c1ccc(NC(=O)c2ccccc2)cc1. The highest BCUT2D eigenvalue weighted by atomic mass is 35.5. The van der Waals surface area contributed by atoms with E-state index in [1.807, 2.05) is 6.07 Å². The Morgan fingerprint density at radius 3 is 2.23 bits per heavy atom. The van der Waals surface area contributed by atoms with E-state index in [-0.39, 0.29) is 30.1 Å². The molecule has 3 rings (SSSR count). The molecule has 0 bridgehead atoms. The Labute approximate surface area is 158 Å². The molecule has 6 nitrogen and oxygen atoms in total. The molecule has 0 radical (unpaired) electrons. The van der Waals surface area contributed by atoms with E-state index in [4.69, 9.17) is 0 Å². The predicted octanol–water partition coefficient (Wildman–Crippen LogP) is 1.67. The summed E-state index contributed by atoms with van der Waals surface area (Å²) < 4.78 is 0. The number of benzene rings is 2. The second-order valence-corrected chi connectivity index (χ2v) is 6.09. The van der Waals surface area contributed by atoms with Crippen LogP contribution in [0.2, 0.25) is 0 Å². The van der Waals surface area contributed by atoms with Crippen LogP contribution in [0.3, 0.4) is 0 Å². The van der Waals surface area contributed by atoms with Gasteiger partial charge >= 0.3 is 0 Å². The monoisotopic (exact) mass is 375 g/mol. The Hall–Kier alpha value is -2.41. The molecule has 0 aromatic heterocycles. The van der Waals surface area contributed by atoms with Crippen LogP contribution in [0.4, 0.5) is 5.69 Å². The summed E-state index contributed by atoms with van der Waals surface area (Å²) >= 11 is 0. The summed E-state index contributed by atoms with van der Waals surface area (Å²) in [6.45, 7) is 1.70. The lowest BCUT2D eigenvalue weighted by Gasteiger charge is -2.14. The van der Waals surface area contributed by atoms with E-state index in [0.717, 1.165) is 0 Å². The Kier molecular flexibility index (Phi) is 7.15. The van der Waals surface area contributed by atoms with E-state index in [1.165, 1.54) is 0 Å². The van der Waals surface area contributed by atoms with Gasteiger partial charge in [0.2, 0.25) is 0 Å². The lowest BCUT2D eigenvalue weighted by Crippen LogP contribution is -2.34. The summed E-state index contributed by atoms with van der Waals surface area (Å²) in [6, 6.07) is 15.7. The molecule has 2 unspecified atom stereocenters. The van der Waals surface area contributed by atoms with Crippen LogP contribution >= 0.6 is 12.4 Å².